The third kappa shape index (κ3) is 4.46. The normalized spacial score (nSPS) is 12.6. The molecule has 0 radical (unpaired) electrons. The molecular weight excluding hydrogens is 253 g/mol. The van der Waals surface area contributed by atoms with Crippen molar-refractivity contribution in [3.05, 3.63) is 53.6 Å². The molecule has 0 amide bonds. The Labute approximate surface area is 119 Å². The minimum absolute atomic E-state index is 0.181. The monoisotopic (exact) mass is 275 g/mol. The molecule has 0 aliphatic rings. The lowest BCUT2D eigenvalue weighted by molar-refractivity contribution is 0.504. The van der Waals surface area contributed by atoms with E-state index in [1.54, 1.807) is 0 Å². The van der Waals surface area contributed by atoms with Crippen LogP contribution in [-0.2, 0) is 19.9 Å². The van der Waals surface area contributed by atoms with Gasteiger partial charge in [-0.3, -0.25) is 4.68 Å². The van der Waals surface area contributed by atoms with Crippen molar-refractivity contribution in [3.8, 4) is 0 Å². The fourth-order valence-corrected chi connectivity index (χ4v) is 2.33. The topological polar surface area (TPSA) is 29.9 Å². The summed E-state index contributed by atoms with van der Waals surface area (Å²) in [5, 5.41) is 7.77. The third-order valence-corrected chi connectivity index (χ3v) is 3.32. The highest BCUT2D eigenvalue weighted by Gasteiger charge is 2.11. The van der Waals surface area contributed by atoms with Crippen LogP contribution in [0.1, 0.15) is 24.5 Å². The summed E-state index contributed by atoms with van der Waals surface area (Å²) in [6.07, 6.45) is 6.89. The summed E-state index contributed by atoms with van der Waals surface area (Å²) in [5.74, 6) is -0.181. The Hall–Kier alpha value is -1.68. The first-order chi connectivity index (χ1) is 9.67. The third-order valence-electron chi connectivity index (χ3n) is 3.32. The van der Waals surface area contributed by atoms with Crippen molar-refractivity contribution >= 4 is 0 Å². The minimum Gasteiger partial charge on any atom is -0.313 e. The number of aromatic nitrogens is 2. The minimum atomic E-state index is -0.181. The molecule has 0 aliphatic carbocycles. The Bertz CT molecular complexity index is 519. The average Bonchev–Trinajstić information content (AvgIpc) is 2.84. The maximum atomic E-state index is 12.9. The molecular formula is C16H22FN3. The van der Waals surface area contributed by atoms with Gasteiger partial charge in [-0.25, -0.2) is 4.39 Å². The molecule has 1 unspecified atom stereocenters. The van der Waals surface area contributed by atoms with Gasteiger partial charge in [0.25, 0.3) is 0 Å². The molecule has 20 heavy (non-hydrogen) atoms. The van der Waals surface area contributed by atoms with Crippen LogP contribution in [0, 0.1) is 5.82 Å². The zero-order valence-corrected chi connectivity index (χ0v) is 12.1. The second-order valence-electron chi connectivity index (χ2n) is 5.21. The van der Waals surface area contributed by atoms with Crippen LogP contribution in [0.3, 0.4) is 0 Å². The molecule has 1 aromatic carbocycles. The van der Waals surface area contributed by atoms with Crippen LogP contribution >= 0.6 is 0 Å². The molecule has 1 aromatic heterocycles. The largest absolute Gasteiger partial charge is 0.313 e. The lowest BCUT2D eigenvalue weighted by atomic mass is 10.0. The van der Waals surface area contributed by atoms with Gasteiger partial charge in [0.1, 0.15) is 5.82 Å². The Morgan fingerprint density at radius 2 is 1.90 bits per heavy atom. The molecule has 1 atom stereocenters. The Morgan fingerprint density at radius 1 is 1.20 bits per heavy atom. The lowest BCUT2D eigenvalue weighted by Crippen LogP contribution is -2.33. The van der Waals surface area contributed by atoms with E-state index in [9.17, 15) is 4.39 Å². The van der Waals surface area contributed by atoms with Gasteiger partial charge in [0.15, 0.2) is 0 Å². The van der Waals surface area contributed by atoms with Gasteiger partial charge in [-0.05, 0) is 49.1 Å². The number of hydrogen-bond acceptors (Lipinski definition) is 2. The SMILES string of the molecule is CCCNC(Cc1ccc(F)cc1)Cc1cnn(C)c1. The molecule has 0 aliphatic heterocycles. The quantitative estimate of drug-likeness (QED) is 0.842. The number of rotatable bonds is 7. The molecule has 108 valence electrons. The molecule has 0 fully saturated rings. The molecule has 0 saturated carbocycles. The number of halogens is 1. The summed E-state index contributed by atoms with van der Waals surface area (Å²) in [5.41, 5.74) is 2.38. The summed E-state index contributed by atoms with van der Waals surface area (Å²) in [4.78, 5) is 0. The first-order valence-corrected chi connectivity index (χ1v) is 7.12. The van der Waals surface area contributed by atoms with Crippen molar-refractivity contribution in [1.29, 1.82) is 0 Å². The van der Waals surface area contributed by atoms with Gasteiger partial charge in [-0.15, -0.1) is 0 Å². The van der Waals surface area contributed by atoms with Gasteiger partial charge in [0.05, 0.1) is 6.20 Å². The van der Waals surface area contributed by atoms with Gasteiger partial charge >= 0.3 is 0 Å². The van der Waals surface area contributed by atoms with Gasteiger partial charge in [-0.1, -0.05) is 19.1 Å². The van der Waals surface area contributed by atoms with Gasteiger partial charge < -0.3 is 5.32 Å². The standard InChI is InChI=1S/C16H22FN3/c1-3-8-18-16(10-14-11-19-20(2)12-14)9-13-4-6-15(17)7-5-13/h4-7,11-12,16,18H,3,8-10H2,1-2H3. The summed E-state index contributed by atoms with van der Waals surface area (Å²) in [6.45, 7) is 3.15. The van der Waals surface area contributed by atoms with E-state index in [-0.39, 0.29) is 5.82 Å². The predicted molar refractivity (Wildman–Crippen MR) is 79.1 cm³/mol. The summed E-state index contributed by atoms with van der Waals surface area (Å²) >= 11 is 0. The molecule has 1 heterocycles. The molecule has 4 heteroatoms. The number of hydrogen-bond donors (Lipinski definition) is 1. The fraction of sp³-hybridized carbons (Fsp3) is 0.438. The Morgan fingerprint density at radius 3 is 2.50 bits per heavy atom. The van der Waals surface area contributed by atoms with Crippen molar-refractivity contribution in [2.24, 2.45) is 7.05 Å². The van der Waals surface area contributed by atoms with Gasteiger partial charge in [-0.2, -0.15) is 5.10 Å². The van der Waals surface area contributed by atoms with Crippen LogP contribution in [0.25, 0.3) is 0 Å². The smallest absolute Gasteiger partial charge is 0.123 e. The van der Waals surface area contributed by atoms with Crippen molar-refractivity contribution in [1.82, 2.24) is 15.1 Å². The molecule has 0 spiro atoms. The zero-order valence-electron chi connectivity index (χ0n) is 12.1. The number of aryl methyl sites for hydroxylation is 1. The second kappa shape index (κ2) is 7.20. The highest BCUT2D eigenvalue weighted by atomic mass is 19.1. The zero-order chi connectivity index (χ0) is 14.4. The van der Waals surface area contributed by atoms with Crippen molar-refractivity contribution < 1.29 is 4.39 Å². The van der Waals surface area contributed by atoms with Crippen LogP contribution in [0.15, 0.2) is 36.7 Å². The van der Waals surface area contributed by atoms with E-state index in [0.29, 0.717) is 6.04 Å². The van der Waals surface area contributed by atoms with Crippen LogP contribution in [0.2, 0.25) is 0 Å². The summed E-state index contributed by atoms with van der Waals surface area (Å²) in [7, 11) is 1.93. The number of benzene rings is 1. The lowest BCUT2D eigenvalue weighted by Gasteiger charge is -2.18. The van der Waals surface area contributed by atoms with Gasteiger partial charge in [0.2, 0.25) is 0 Å². The summed E-state index contributed by atoms with van der Waals surface area (Å²) < 4.78 is 14.8. The first kappa shape index (κ1) is 14.7. The van der Waals surface area contributed by atoms with E-state index < -0.39 is 0 Å². The maximum Gasteiger partial charge on any atom is 0.123 e. The van der Waals surface area contributed by atoms with E-state index in [4.69, 9.17) is 0 Å². The molecule has 0 saturated heterocycles. The molecule has 2 rings (SSSR count). The fourth-order valence-electron chi connectivity index (χ4n) is 2.33. The second-order valence-corrected chi connectivity index (χ2v) is 5.21. The van der Waals surface area contributed by atoms with E-state index in [2.05, 4.69) is 17.3 Å². The van der Waals surface area contributed by atoms with E-state index in [1.165, 1.54) is 17.7 Å². The average molecular weight is 275 g/mol. The molecule has 1 N–H and O–H groups in total. The van der Waals surface area contributed by atoms with Gasteiger partial charge in [0, 0.05) is 19.3 Å². The maximum absolute atomic E-state index is 12.9. The Kier molecular flexibility index (Phi) is 5.30. The number of nitrogens with one attached hydrogen (secondary N) is 1. The van der Waals surface area contributed by atoms with Crippen LogP contribution in [-0.4, -0.2) is 22.4 Å². The van der Waals surface area contributed by atoms with Crippen molar-refractivity contribution in [3.63, 3.8) is 0 Å². The number of nitrogens with zero attached hydrogens (tertiary/aromatic N) is 2. The molecule has 3 nitrogen and oxygen atoms in total. The first-order valence-electron chi connectivity index (χ1n) is 7.12. The predicted octanol–water partition coefficient (Wildman–Crippen LogP) is 2.71. The van der Waals surface area contributed by atoms with Crippen LogP contribution in [0.5, 0.6) is 0 Å². The van der Waals surface area contributed by atoms with E-state index >= 15 is 0 Å². The van der Waals surface area contributed by atoms with Crippen LogP contribution < -0.4 is 5.32 Å². The van der Waals surface area contributed by atoms with Crippen LogP contribution in [0.4, 0.5) is 4.39 Å². The highest BCUT2D eigenvalue weighted by molar-refractivity contribution is 5.18. The van der Waals surface area contributed by atoms with Crippen molar-refractivity contribution in [2.45, 2.75) is 32.2 Å². The summed E-state index contributed by atoms with van der Waals surface area (Å²) in [6, 6.07) is 7.12. The van der Waals surface area contributed by atoms with E-state index in [1.807, 2.05) is 36.3 Å². The van der Waals surface area contributed by atoms with E-state index in [0.717, 1.165) is 31.4 Å². The molecule has 2 aromatic rings. The van der Waals surface area contributed by atoms with Crippen molar-refractivity contribution in [2.75, 3.05) is 6.54 Å². The Balaban J connectivity index is 2.00. The highest BCUT2D eigenvalue weighted by Crippen LogP contribution is 2.10. The molecule has 0 bridgehead atoms.